The molecular weight excluding hydrogens is 279 g/mol. The molecule has 18 heavy (non-hydrogen) atoms. The van der Waals surface area contributed by atoms with Gasteiger partial charge in [0.25, 0.3) is 0 Å². The Morgan fingerprint density at radius 2 is 1.39 bits per heavy atom. The number of esters is 2. The topological polar surface area (TPSA) is 52.6 Å². The highest BCUT2D eigenvalue weighted by molar-refractivity contribution is 6.44. The van der Waals surface area contributed by atoms with Gasteiger partial charge in [0.1, 0.15) is 11.4 Å². The highest BCUT2D eigenvalue weighted by atomic mass is 35.5. The Balaban J connectivity index is 3.44. The van der Waals surface area contributed by atoms with Gasteiger partial charge in [-0.2, -0.15) is 0 Å². The first-order valence-corrected chi connectivity index (χ1v) is 6.88. The van der Waals surface area contributed by atoms with Crippen LogP contribution in [0.5, 0.6) is 0 Å². The first kappa shape index (κ1) is 17.5. The SMILES string of the molecule is CC(C)COC(=O)CCCCC(=O)OCC(Cl)Cl. The molecule has 0 aromatic carbocycles. The maximum Gasteiger partial charge on any atom is 0.305 e. The summed E-state index contributed by atoms with van der Waals surface area (Å²) in [6.07, 6.45) is 1.79. The van der Waals surface area contributed by atoms with Crippen molar-refractivity contribution in [3.8, 4) is 0 Å². The lowest BCUT2D eigenvalue weighted by molar-refractivity contribution is -0.146. The normalized spacial score (nSPS) is 10.8. The third-order valence-electron chi connectivity index (χ3n) is 1.96. The number of carbonyl (C=O) groups is 2. The summed E-state index contributed by atoms with van der Waals surface area (Å²) in [6.45, 7) is 4.39. The summed E-state index contributed by atoms with van der Waals surface area (Å²) in [7, 11) is 0. The summed E-state index contributed by atoms with van der Waals surface area (Å²) in [6, 6.07) is 0. The van der Waals surface area contributed by atoms with Crippen LogP contribution in [0.3, 0.4) is 0 Å². The lowest BCUT2D eigenvalue weighted by Crippen LogP contribution is -2.11. The lowest BCUT2D eigenvalue weighted by Gasteiger charge is -2.07. The molecule has 0 aromatic rings. The number of alkyl halides is 2. The van der Waals surface area contributed by atoms with E-state index in [1.165, 1.54) is 0 Å². The standard InChI is InChI=1S/C12H20Cl2O4/c1-9(2)7-17-11(15)5-3-4-6-12(16)18-8-10(13)14/h9-10H,3-8H2,1-2H3. The largest absolute Gasteiger partial charge is 0.465 e. The van der Waals surface area contributed by atoms with Gasteiger partial charge in [-0.05, 0) is 18.8 Å². The average Bonchev–Trinajstić information content (AvgIpc) is 2.29. The van der Waals surface area contributed by atoms with Crippen LogP contribution in [-0.2, 0) is 19.1 Å². The summed E-state index contributed by atoms with van der Waals surface area (Å²) in [4.78, 5) is 21.7. The van der Waals surface area contributed by atoms with Gasteiger partial charge in [-0.15, -0.1) is 23.2 Å². The van der Waals surface area contributed by atoms with Crippen LogP contribution < -0.4 is 0 Å². The molecule has 4 nitrogen and oxygen atoms in total. The van der Waals surface area contributed by atoms with Crippen molar-refractivity contribution in [3.05, 3.63) is 0 Å². The highest BCUT2D eigenvalue weighted by Crippen LogP contribution is 2.06. The van der Waals surface area contributed by atoms with Gasteiger partial charge in [0, 0.05) is 12.8 Å². The predicted octanol–water partition coefficient (Wildman–Crippen LogP) is 3.09. The molecule has 0 amide bonds. The maximum atomic E-state index is 11.2. The van der Waals surface area contributed by atoms with Gasteiger partial charge in [-0.1, -0.05) is 13.8 Å². The first-order valence-electron chi connectivity index (χ1n) is 6.01. The zero-order valence-corrected chi connectivity index (χ0v) is 12.3. The Kier molecular flexibility index (Phi) is 10.2. The monoisotopic (exact) mass is 298 g/mol. The van der Waals surface area contributed by atoms with E-state index in [1.54, 1.807) is 0 Å². The third kappa shape index (κ3) is 12.0. The summed E-state index contributed by atoms with van der Waals surface area (Å²) in [5.74, 6) is -0.238. The summed E-state index contributed by atoms with van der Waals surface area (Å²) in [5, 5.41) is 0. The minimum absolute atomic E-state index is 0.00161. The van der Waals surface area contributed by atoms with E-state index < -0.39 is 4.84 Å². The second kappa shape index (κ2) is 10.4. The van der Waals surface area contributed by atoms with Crippen molar-refractivity contribution in [3.63, 3.8) is 0 Å². The molecule has 0 saturated heterocycles. The highest BCUT2D eigenvalue weighted by Gasteiger charge is 2.08. The van der Waals surface area contributed by atoms with Crippen LogP contribution in [0.1, 0.15) is 39.5 Å². The lowest BCUT2D eigenvalue weighted by atomic mass is 10.2. The minimum Gasteiger partial charge on any atom is -0.465 e. The number of rotatable bonds is 9. The van der Waals surface area contributed by atoms with Crippen molar-refractivity contribution < 1.29 is 19.1 Å². The number of hydrogen-bond donors (Lipinski definition) is 0. The van der Waals surface area contributed by atoms with E-state index in [-0.39, 0.29) is 25.0 Å². The summed E-state index contributed by atoms with van der Waals surface area (Å²) < 4.78 is 9.77. The van der Waals surface area contributed by atoms with Crippen LogP contribution in [0.2, 0.25) is 0 Å². The second-order valence-electron chi connectivity index (χ2n) is 4.36. The molecule has 0 rings (SSSR count). The molecule has 0 atom stereocenters. The van der Waals surface area contributed by atoms with E-state index in [0.717, 1.165) is 0 Å². The van der Waals surface area contributed by atoms with Crippen molar-refractivity contribution in [2.45, 2.75) is 44.4 Å². The predicted molar refractivity (Wildman–Crippen MR) is 70.7 cm³/mol. The number of halogens is 2. The average molecular weight is 299 g/mol. The number of ether oxygens (including phenoxy) is 2. The smallest absolute Gasteiger partial charge is 0.305 e. The molecule has 0 radical (unpaired) electrons. The fraction of sp³-hybridized carbons (Fsp3) is 0.833. The number of unbranched alkanes of at least 4 members (excludes halogenated alkanes) is 1. The van der Waals surface area contributed by atoms with E-state index in [1.807, 2.05) is 13.8 Å². The van der Waals surface area contributed by atoms with Crippen LogP contribution in [0.15, 0.2) is 0 Å². The van der Waals surface area contributed by atoms with Crippen molar-refractivity contribution >= 4 is 35.1 Å². The van der Waals surface area contributed by atoms with Crippen LogP contribution in [0.4, 0.5) is 0 Å². The number of hydrogen-bond acceptors (Lipinski definition) is 4. The van der Waals surface area contributed by atoms with E-state index in [4.69, 9.17) is 32.7 Å². The summed E-state index contributed by atoms with van der Waals surface area (Å²) in [5.41, 5.74) is 0. The van der Waals surface area contributed by atoms with Crippen LogP contribution in [-0.4, -0.2) is 30.0 Å². The molecule has 0 fully saturated rings. The maximum absolute atomic E-state index is 11.2. The molecular formula is C12H20Cl2O4. The molecule has 0 saturated carbocycles. The minimum atomic E-state index is -0.694. The van der Waals surface area contributed by atoms with Gasteiger partial charge >= 0.3 is 11.9 Å². The van der Waals surface area contributed by atoms with Gasteiger partial charge in [0.05, 0.1) is 6.61 Å². The van der Waals surface area contributed by atoms with Crippen molar-refractivity contribution in [2.24, 2.45) is 5.92 Å². The molecule has 0 heterocycles. The van der Waals surface area contributed by atoms with Gasteiger partial charge in [0.15, 0.2) is 0 Å². The molecule has 106 valence electrons. The molecule has 6 heteroatoms. The van der Waals surface area contributed by atoms with Crippen molar-refractivity contribution in [2.75, 3.05) is 13.2 Å². The summed E-state index contributed by atoms with van der Waals surface area (Å²) >= 11 is 10.8. The molecule has 0 aliphatic heterocycles. The molecule has 0 aliphatic rings. The van der Waals surface area contributed by atoms with Gasteiger partial charge in [-0.3, -0.25) is 9.59 Å². The van der Waals surface area contributed by atoms with Crippen molar-refractivity contribution in [1.29, 1.82) is 0 Å². The van der Waals surface area contributed by atoms with E-state index >= 15 is 0 Å². The third-order valence-corrected chi connectivity index (χ3v) is 2.21. The molecule has 0 unspecified atom stereocenters. The Labute approximate surface area is 118 Å². The van der Waals surface area contributed by atoms with Crippen LogP contribution in [0.25, 0.3) is 0 Å². The van der Waals surface area contributed by atoms with E-state index in [9.17, 15) is 9.59 Å². The van der Waals surface area contributed by atoms with E-state index in [2.05, 4.69) is 0 Å². The van der Waals surface area contributed by atoms with Crippen LogP contribution in [0, 0.1) is 5.92 Å². The zero-order chi connectivity index (χ0) is 14.0. The molecule has 0 N–H and O–H groups in total. The molecule has 0 aliphatic carbocycles. The Morgan fingerprint density at radius 3 is 1.78 bits per heavy atom. The Bertz CT molecular complexity index is 228. The first-order chi connectivity index (χ1) is 8.41. The quantitative estimate of drug-likeness (QED) is 0.373. The van der Waals surface area contributed by atoms with Gasteiger partial charge in [-0.25, -0.2) is 0 Å². The Hall–Kier alpha value is -0.480. The van der Waals surface area contributed by atoms with Crippen LogP contribution >= 0.6 is 23.2 Å². The number of carbonyl (C=O) groups excluding carboxylic acids is 2. The fourth-order valence-corrected chi connectivity index (χ4v) is 1.22. The van der Waals surface area contributed by atoms with Gasteiger partial charge in [0.2, 0.25) is 0 Å². The van der Waals surface area contributed by atoms with Crippen molar-refractivity contribution in [1.82, 2.24) is 0 Å². The Morgan fingerprint density at radius 1 is 0.944 bits per heavy atom. The molecule has 0 aromatic heterocycles. The van der Waals surface area contributed by atoms with Gasteiger partial charge < -0.3 is 9.47 Å². The molecule has 0 spiro atoms. The second-order valence-corrected chi connectivity index (χ2v) is 5.64. The van der Waals surface area contributed by atoms with E-state index in [0.29, 0.717) is 31.8 Å². The molecule has 0 bridgehead atoms. The fourth-order valence-electron chi connectivity index (χ4n) is 1.10. The zero-order valence-electron chi connectivity index (χ0n) is 10.8.